The summed E-state index contributed by atoms with van der Waals surface area (Å²) in [6.07, 6.45) is 2.93. The molecule has 31 heavy (non-hydrogen) atoms. The summed E-state index contributed by atoms with van der Waals surface area (Å²) in [6, 6.07) is 11.2. The number of aromatic nitrogens is 2. The number of benzene rings is 1. The summed E-state index contributed by atoms with van der Waals surface area (Å²) in [7, 11) is 0. The summed E-state index contributed by atoms with van der Waals surface area (Å²) >= 11 is 0. The van der Waals surface area contributed by atoms with Gasteiger partial charge in [0.2, 0.25) is 0 Å². The Morgan fingerprint density at radius 3 is 2.68 bits per heavy atom. The van der Waals surface area contributed by atoms with Crippen LogP contribution in [0.25, 0.3) is 10.9 Å². The maximum Gasteiger partial charge on any atom is 0.334 e. The molecular weight excluding hydrogens is 396 g/mol. The Labute approximate surface area is 178 Å². The molecule has 2 aliphatic heterocycles. The van der Waals surface area contributed by atoms with Crippen LogP contribution in [0.4, 0.5) is 5.69 Å². The van der Waals surface area contributed by atoms with E-state index >= 15 is 0 Å². The largest absolute Gasteiger partial charge is 0.345 e. The van der Waals surface area contributed by atoms with E-state index in [-0.39, 0.29) is 17.7 Å². The predicted octanol–water partition coefficient (Wildman–Crippen LogP) is 3.55. The van der Waals surface area contributed by atoms with Gasteiger partial charge in [0.1, 0.15) is 0 Å². The van der Waals surface area contributed by atoms with Gasteiger partial charge in [-0.15, -0.1) is 0 Å². The Hall–Kier alpha value is -3.42. The van der Waals surface area contributed by atoms with E-state index in [1.54, 1.807) is 10.6 Å². The van der Waals surface area contributed by atoms with Crippen LogP contribution in [-0.2, 0) is 6.54 Å². The van der Waals surface area contributed by atoms with E-state index in [4.69, 9.17) is 0 Å². The van der Waals surface area contributed by atoms with Crippen molar-refractivity contribution >= 4 is 22.5 Å². The van der Waals surface area contributed by atoms with Crippen LogP contribution in [0.15, 0.2) is 47.4 Å². The molecule has 0 aliphatic carbocycles. The highest BCUT2D eigenvalue weighted by Crippen LogP contribution is 2.36. The smallest absolute Gasteiger partial charge is 0.334 e. The van der Waals surface area contributed by atoms with Crippen molar-refractivity contribution in [2.45, 2.75) is 38.8 Å². The number of piperidine rings is 1. The molecule has 4 heterocycles. The second-order valence-corrected chi connectivity index (χ2v) is 8.92. The molecule has 5 rings (SSSR count). The van der Waals surface area contributed by atoms with Gasteiger partial charge in [-0.1, -0.05) is 0 Å². The molecule has 0 spiro atoms. The molecule has 3 aromatic rings. The number of hydrogen-bond acceptors (Lipinski definition) is 4. The number of pyridine rings is 1. The molecule has 1 saturated heterocycles. The fourth-order valence-electron chi connectivity index (χ4n) is 5.17. The Bertz CT molecular complexity index is 1270. The van der Waals surface area contributed by atoms with Gasteiger partial charge < -0.3 is 14.0 Å². The van der Waals surface area contributed by atoms with Gasteiger partial charge in [-0.3, -0.25) is 19.7 Å². The average Bonchev–Trinajstić information content (AvgIpc) is 3.17. The number of nitro groups is 1. The van der Waals surface area contributed by atoms with E-state index in [1.165, 1.54) is 6.07 Å². The van der Waals surface area contributed by atoms with E-state index in [0.29, 0.717) is 31.2 Å². The zero-order valence-electron chi connectivity index (χ0n) is 17.5. The minimum absolute atomic E-state index is 0.00777. The van der Waals surface area contributed by atoms with Crippen molar-refractivity contribution in [1.29, 1.82) is 0 Å². The van der Waals surface area contributed by atoms with Gasteiger partial charge in [-0.2, -0.15) is 0 Å². The second kappa shape index (κ2) is 7.08. The van der Waals surface area contributed by atoms with Gasteiger partial charge in [0, 0.05) is 66.0 Å². The quantitative estimate of drug-likeness (QED) is 0.479. The maximum absolute atomic E-state index is 13.3. The minimum Gasteiger partial charge on any atom is -0.345 e. The third-order valence-electron chi connectivity index (χ3n) is 6.59. The summed E-state index contributed by atoms with van der Waals surface area (Å²) in [5.41, 5.74) is 1.62. The second-order valence-electron chi connectivity index (χ2n) is 8.92. The Kier molecular flexibility index (Phi) is 4.46. The number of carbonyl (C=O) groups is 1. The summed E-state index contributed by atoms with van der Waals surface area (Å²) in [5, 5.41) is 12.2. The van der Waals surface area contributed by atoms with Crippen LogP contribution in [0.5, 0.6) is 0 Å². The molecular formula is C23H24N4O4. The third-order valence-corrected chi connectivity index (χ3v) is 6.59. The van der Waals surface area contributed by atoms with Crippen LogP contribution < -0.4 is 5.56 Å². The first kappa shape index (κ1) is 19.5. The zero-order chi connectivity index (χ0) is 21.9. The lowest BCUT2D eigenvalue weighted by molar-refractivity contribution is -0.386. The fourth-order valence-corrected chi connectivity index (χ4v) is 5.17. The molecule has 0 radical (unpaired) electrons. The Morgan fingerprint density at radius 1 is 1.13 bits per heavy atom. The molecule has 2 aromatic heterocycles. The monoisotopic (exact) mass is 420 g/mol. The number of hydrogen-bond donors (Lipinski definition) is 0. The van der Waals surface area contributed by atoms with Crippen molar-refractivity contribution < 1.29 is 9.72 Å². The van der Waals surface area contributed by atoms with Gasteiger partial charge in [-0.25, -0.2) is 0 Å². The van der Waals surface area contributed by atoms with E-state index in [0.717, 1.165) is 23.0 Å². The topological polar surface area (TPSA) is 90.4 Å². The summed E-state index contributed by atoms with van der Waals surface area (Å²) < 4.78 is 3.72. The van der Waals surface area contributed by atoms with E-state index in [9.17, 15) is 19.7 Å². The minimum atomic E-state index is -0.626. The molecule has 0 saturated carbocycles. The van der Waals surface area contributed by atoms with Gasteiger partial charge in [0.05, 0.1) is 4.92 Å². The third kappa shape index (κ3) is 3.13. The van der Waals surface area contributed by atoms with Crippen LogP contribution in [0.3, 0.4) is 0 Å². The van der Waals surface area contributed by atoms with Gasteiger partial charge in [0.25, 0.3) is 5.91 Å². The number of carbonyl (C=O) groups excluding carboxylic acids is 1. The van der Waals surface area contributed by atoms with Gasteiger partial charge in [-0.05, 0) is 56.5 Å². The van der Waals surface area contributed by atoms with Crippen LogP contribution >= 0.6 is 0 Å². The number of nitrogens with zero attached hydrogens (tertiary/aromatic N) is 4. The lowest BCUT2D eigenvalue weighted by Gasteiger charge is -2.42. The van der Waals surface area contributed by atoms with Crippen LogP contribution in [-0.4, -0.2) is 38.0 Å². The molecule has 2 atom stereocenters. The molecule has 1 amide bonds. The number of rotatable bonds is 3. The van der Waals surface area contributed by atoms with Gasteiger partial charge in [0.15, 0.2) is 0 Å². The lowest BCUT2D eigenvalue weighted by Crippen LogP contribution is -2.49. The standard InChI is InChI=1S/C23H24N4O4/c1-14(2)25-8-7-16-10-17(3-4-19(16)25)22(28)24-11-15-9-18(13-24)20-5-6-21(27(30)31)23(29)26(20)12-15/h3-8,10,14-15,18H,9,11-13H2,1-2H3/t15-,18?/m0/s1. The predicted molar refractivity (Wildman–Crippen MR) is 116 cm³/mol. The first-order valence-corrected chi connectivity index (χ1v) is 10.6. The molecule has 1 unspecified atom stereocenters. The average molecular weight is 420 g/mol. The normalized spacial score (nSPS) is 20.2. The number of amides is 1. The van der Waals surface area contributed by atoms with Gasteiger partial charge >= 0.3 is 11.2 Å². The Morgan fingerprint density at radius 2 is 1.94 bits per heavy atom. The maximum atomic E-state index is 13.3. The van der Waals surface area contributed by atoms with Crippen LogP contribution in [0, 0.1) is 16.0 Å². The summed E-state index contributed by atoms with van der Waals surface area (Å²) in [6.45, 7) is 5.73. The summed E-state index contributed by atoms with van der Waals surface area (Å²) in [4.78, 5) is 38.2. The molecule has 0 N–H and O–H groups in total. The van der Waals surface area contributed by atoms with Crippen LogP contribution in [0.1, 0.15) is 48.3 Å². The van der Waals surface area contributed by atoms with Crippen molar-refractivity contribution in [3.05, 3.63) is 74.3 Å². The van der Waals surface area contributed by atoms with Crippen LogP contribution in [0.2, 0.25) is 0 Å². The molecule has 160 valence electrons. The molecule has 8 heteroatoms. The van der Waals surface area contributed by atoms with Crippen molar-refractivity contribution in [3.8, 4) is 0 Å². The SMILES string of the molecule is CC(C)n1ccc2cc(C(=O)N3CC4C[C@@H](C3)Cn3c4ccc([N+](=O)[O-])c3=O)ccc21. The highest BCUT2D eigenvalue weighted by molar-refractivity contribution is 5.98. The Balaban J connectivity index is 1.43. The van der Waals surface area contributed by atoms with E-state index in [2.05, 4.69) is 18.4 Å². The highest BCUT2D eigenvalue weighted by Gasteiger charge is 2.37. The van der Waals surface area contributed by atoms with Crippen molar-refractivity contribution in [1.82, 2.24) is 14.0 Å². The molecule has 8 nitrogen and oxygen atoms in total. The lowest BCUT2D eigenvalue weighted by atomic mass is 9.83. The molecule has 2 bridgehead atoms. The fraction of sp³-hybridized carbons (Fsp3) is 0.391. The number of fused-ring (bicyclic) bond motifs is 5. The molecule has 2 aliphatic rings. The molecule has 1 aromatic carbocycles. The van der Waals surface area contributed by atoms with Crippen molar-refractivity contribution in [3.63, 3.8) is 0 Å². The molecule has 1 fully saturated rings. The van der Waals surface area contributed by atoms with Crippen molar-refractivity contribution in [2.24, 2.45) is 5.92 Å². The van der Waals surface area contributed by atoms with E-state index < -0.39 is 16.2 Å². The number of likely N-dealkylation sites (tertiary alicyclic amines) is 1. The van der Waals surface area contributed by atoms with Crippen molar-refractivity contribution in [2.75, 3.05) is 13.1 Å². The van der Waals surface area contributed by atoms with E-state index in [1.807, 2.05) is 35.4 Å². The first-order chi connectivity index (χ1) is 14.8. The zero-order valence-corrected chi connectivity index (χ0v) is 17.5. The highest BCUT2D eigenvalue weighted by atomic mass is 16.6. The summed E-state index contributed by atoms with van der Waals surface area (Å²) in [5.74, 6) is 0.114. The first-order valence-electron chi connectivity index (χ1n) is 10.6.